The fourth-order valence-electron chi connectivity index (χ4n) is 1.03. The third kappa shape index (κ3) is 3.85. The third-order valence-electron chi connectivity index (χ3n) is 1.67. The zero-order valence-electron chi connectivity index (χ0n) is 8.23. The number of nitrogens with zero attached hydrogens (tertiary/aromatic N) is 1. The molecule has 0 aliphatic carbocycles. The van der Waals surface area contributed by atoms with E-state index in [4.69, 9.17) is 0 Å². The minimum absolute atomic E-state index is 0.0825. The van der Waals surface area contributed by atoms with Crippen LogP contribution in [0.4, 0.5) is 0 Å². The van der Waals surface area contributed by atoms with Crippen LogP contribution in [0.1, 0.15) is 18.9 Å². The molecular weight excluding hydrogens is 176 g/mol. The summed E-state index contributed by atoms with van der Waals surface area (Å²) in [6, 6.07) is 9.60. The van der Waals surface area contributed by atoms with Gasteiger partial charge in [-0.3, -0.25) is 4.79 Å². The van der Waals surface area contributed by atoms with E-state index in [1.165, 1.54) is 0 Å². The van der Waals surface area contributed by atoms with Gasteiger partial charge in [-0.05, 0) is 12.0 Å². The number of hydrogen-bond acceptors (Lipinski definition) is 2. The highest BCUT2D eigenvalue weighted by atomic mass is 16.2. The van der Waals surface area contributed by atoms with Gasteiger partial charge in [0, 0.05) is 6.21 Å². The molecule has 0 radical (unpaired) electrons. The van der Waals surface area contributed by atoms with Crippen molar-refractivity contribution in [1.29, 1.82) is 0 Å². The summed E-state index contributed by atoms with van der Waals surface area (Å²) in [5, 5.41) is 3.76. The molecule has 1 amide bonds. The van der Waals surface area contributed by atoms with Crippen LogP contribution in [0.15, 0.2) is 35.4 Å². The molecule has 14 heavy (non-hydrogen) atoms. The van der Waals surface area contributed by atoms with Gasteiger partial charge >= 0.3 is 0 Å². The van der Waals surface area contributed by atoms with Crippen LogP contribution in [0.25, 0.3) is 0 Å². The highest BCUT2D eigenvalue weighted by molar-refractivity contribution is 5.79. The van der Waals surface area contributed by atoms with Crippen LogP contribution in [-0.4, -0.2) is 12.1 Å². The molecule has 0 heterocycles. The topological polar surface area (TPSA) is 41.5 Å². The fourth-order valence-corrected chi connectivity index (χ4v) is 1.03. The second-order valence-electron chi connectivity index (χ2n) is 2.92. The molecule has 0 saturated heterocycles. The van der Waals surface area contributed by atoms with Gasteiger partial charge in [-0.15, -0.1) is 0 Å². The first-order valence-electron chi connectivity index (χ1n) is 4.67. The van der Waals surface area contributed by atoms with E-state index in [0.29, 0.717) is 6.42 Å². The molecule has 0 spiro atoms. The first-order valence-corrected chi connectivity index (χ1v) is 4.67. The first kappa shape index (κ1) is 10.4. The van der Waals surface area contributed by atoms with Gasteiger partial charge in [-0.25, -0.2) is 5.43 Å². The van der Waals surface area contributed by atoms with Crippen molar-refractivity contribution in [3.63, 3.8) is 0 Å². The van der Waals surface area contributed by atoms with Crippen LogP contribution in [0.2, 0.25) is 0 Å². The van der Waals surface area contributed by atoms with E-state index in [1.807, 2.05) is 37.3 Å². The zero-order valence-corrected chi connectivity index (χ0v) is 8.23. The summed E-state index contributed by atoms with van der Waals surface area (Å²) < 4.78 is 0. The standard InChI is InChI=1S/C11H14N2O/c1-2-8-12-13-11(14)9-10-6-4-3-5-7-10/h3-8H,2,9H2,1H3,(H,13,14)/b12-8+. The number of benzene rings is 1. The molecule has 1 rings (SSSR count). The zero-order chi connectivity index (χ0) is 10.2. The van der Waals surface area contributed by atoms with Crippen LogP contribution < -0.4 is 5.43 Å². The lowest BCUT2D eigenvalue weighted by Crippen LogP contribution is -2.19. The van der Waals surface area contributed by atoms with E-state index in [-0.39, 0.29) is 5.91 Å². The summed E-state index contributed by atoms with van der Waals surface area (Å²) in [5.41, 5.74) is 3.46. The van der Waals surface area contributed by atoms with Crippen molar-refractivity contribution < 1.29 is 4.79 Å². The summed E-state index contributed by atoms with van der Waals surface area (Å²) in [6.45, 7) is 1.97. The van der Waals surface area contributed by atoms with Gasteiger partial charge in [0.1, 0.15) is 0 Å². The molecule has 0 saturated carbocycles. The molecule has 0 aliphatic rings. The molecule has 1 aromatic carbocycles. The lowest BCUT2D eigenvalue weighted by molar-refractivity contribution is -0.120. The van der Waals surface area contributed by atoms with Crippen molar-refractivity contribution in [2.75, 3.05) is 0 Å². The largest absolute Gasteiger partial charge is 0.273 e. The number of carbonyl (C=O) groups is 1. The van der Waals surface area contributed by atoms with Crippen LogP contribution in [0.5, 0.6) is 0 Å². The Hall–Kier alpha value is -1.64. The van der Waals surface area contributed by atoms with E-state index in [2.05, 4.69) is 10.5 Å². The Balaban J connectivity index is 2.38. The molecule has 0 unspecified atom stereocenters. The number of hydrazone groups is 1. The van der Waals surface area contributed by atoms with Crippen molar-refractivity contribution in [1.82, 2.24) is 5.43 Å². The lowest BCUT2D eigenvalue weighted by atomic mass is 10.1. The van der Waals surface area contributed by atoms with Gasteiger partial charge < -0.3 is 0 Å². The Labute approximate surface area is 83.8 Å². The molecule has 0 aromatic heterocycles. The second kappa shape index (κ2) is 5.91. The van der Waals surface area contributed by atoms with Gasteiger partial charge in [-0.1, -0.05) is 37.3 Å². The Morgan fingerprint density at radius 2 is 2.14 bits per heavy atom. The molecule has 3 heteroatoms. The highest BCUT2D eigenvalue weighted by Gasteiger charge is 1.99. The SMILES string of the molecule is CC/C=N/NC(=O)Cc1ccccc1. The van der Waals surface area contributed by atoms with E-state index < -0.39 is 0 Å². The molecule has 1 N–H and O–H groups in total. The van der Waals surface area contributed by atoms with Crippen molar-refractivity contribution in [3.05, 3.63) is 35.9 Å². The Morgan fingerprint density at radius 1 is 1.43 bits per heavy atom. The van der Waals surface area contributed by atoms with Crippen molar-refractivity contribution in [3.8, 4) is 0 Å². The maximum absolute atomic E-state index is 11.3. The minimum atomic E-state index is -0.0825. The summed E-state index contributed by atoms with van der Waals surface area (Å²) >= 11 is 0. The quantitative estimate of drug-likeness (QED) is 0.570. The normalized spacial score (nSPS) is 10.4. The summed E-state index contributed by atoms with van der Waals surface area (Å²) in [7, 11) is 0. The van der Waals surface area contributed by atoms with Crippen molar-refractivity contribution >= 4 is 12.1 Å². The van der Waals surface area contributed by atoms with Crippen molar-refractivity contribution in [2.45, 2.75) is 19.8 Å². The van der Waals surface area contributed by atoms with Crippen LogP contribution in [0, 0.1) is 0 Å². The van der Waals surface area contributed by atoms with Gasteiger partial charge in [-0.2, -0.15) is 5.10 Å². The monoisotopic (exact) mass is 190 g/mol. The van der Waals surface area contributed by atoms with Crippen LogP contribution >= 0.6 is 0 Å². The van der Waals surface area contributed by atoms with Gasteiger partial charge in [0.05, 0.1) is 6.42 Å². The molecule has 0 bridgehead atoms. The van der Waals surface area contributed by atoms with E-state index >= 15 is 0 Å². The summed E-state index contributed by atoms with van der Waals surface area (Å²) in [6.07, 6.45) is 2.87. The fraction of sp³-hybridized carbons (Fsp3) is 0.273. The van der Waals surface area contributed by atoms with E-state index in [0.717, 1.165) is 12.0 Å². The molecule has 0 aliphatic heterocycles. The highest BCUT2D eigenvalue weighted by Crippen LogP contribution is 1.98. The molecule has 3 nitrogen and oxygen atoms in total. The molecule has 74 valence electrons. The van der Waals surface area contributed by atoms with Gasteiger partial charge in [0.2, 0.25) is 5.91 Å². The van der Waals surface area contributed by atoms with E-state index in [9.17, 15) is 4.79 Å². The second-order valence-corrected chi connectivity index (χ2v) is 2.92. The number of hydrogen-bond donors (Lipinski definition) is 1. The minimum Gasteiger partial charge on any atom is -0.273 e. The van der Waals surface area contributed by atoms with Crippen molar-refractivity contribution in [2.24, 2.45) is 5.10 Å². The van der Waals surface area contributed by atoms with Crippen LogP contribution in [-0.2, 0) is 11.2 Å². The molecule has 0 fully saturated rings. The first-order chi connectivity index (χ1) is 6.83. The average Bonchev–Trinajstić information content (AvgIpc) is 2.20. The maximum Gasteiger partial charge on any atom is 0.244 e. The van der Waals surface area contributed by atoms with Gasteiger partial charge in [0.15, 0.2) is 0 Å². The molecule has 1 aromatic rings. The predicted molar refractivity (Wildman–Crippen MR) is 57.1 cm³/mol. The van der Waals surface area contributed by atoms with Crippen LogP contribution in [0.3, 0.4) is 0 Å². The number of carbonyl (C=O) groups excluding carboxylic acids is 1. The van der Waals surface area contributed by atoms with Gasteiger partial charge in [0.25, 0.3) is 0 Å². The third-order valence-corrected chi connectivity index (χ3v) is 1.67. The predicted octanol–water partition coefficient (Wildman–Crippen LogP) is 1.74. The lowest BCUT2D eigenvalue weighted by Gasteiger charge is -1.99. The van der Waals surface area contributed by atoms with E-state index in [1.54, 1.807) is 6.21 Å². The molecule has 0 atom stereocenters. The molecular formula is C11H14N2O. The Morgan fingerprint density at radius 3 is 2.79 bits per heavy atom. The Kier molecular flexibility index (Phi) is 4.41. The maximum atomic E-state index is 11.3. The summed E-state index contributed by atoms with van der Waals surface area (Å²) in [4.78, 5) is 11.3. The number of amides is 1. The Bertz CT molecular complexity index is 306. The number of nitrogens with one attached hydrogen (secondary N) is 1. The summed E-state index contributed by atoms with van der Waals surface area (Å²) in [5.74, 6) is -0.0825. The average molecular weight is 190 g/mol. The number of rotatable bonds is 4. The smallest absolute Gasteiger partial charge is 0.244 e.